The van der Waals surface area contributed by atoms with Gasteiger partial charge in [-0.3, -0.25) is 0 Å². The smallest absolute Gasteiger partial charge is 0.326 e. The first-order valence-corrected chi connectivity index (χ1v) is 9.69. The summed E-state index contributed by atoms with van der Waals surface area (Å²) in [7, 11) is -2.57. The van der Waals surface area contributed by atoms with Crippen molar-refractivity contribution in [2.45, 2.75) is 25.2 Å². The molecule has 0 aliphatic rings. The third-order valence-corrected chi connectivity index (χ3v) is 5.93. The molecule has 0 fully saturated rings. The van der Waals surface area contributed by atoms with Gasteiger partial charge >= 0.3 is 6.18 Å². The van der Waals surface area contributed by atoms with Gasteiger partial charge in [0.25, 0.3) is 0 Å². The molecule has 1 unspecified atom stereocenters. The van der Waals surface area contributed by atoms with Crippen LogP contribution in [0.1, 0.15) is 16.7 Å². The van der Waals surface area contributed by atoms with Gasteiger partial charge < -0.3 is 5.73 Å². The maximum atomic E-state index is 13.7. The summed E-state index contributed by atoms with van der Waals surface area (Å²) in [5.41, 5.74) is 5.52. The zero-order valence-electron chi connectivity index (χ0n) is 14.6. The highest BCUT2D eigenvalue weighted by atomic mass is 32.2. The van der Waals surface area contributed by atoms with E-state index in [4.69, 9.17) is 5.73 Å². The van der Waals surface area contributed by atoms with E-state index in [1.165, 1.54) is 37.4 Å². The summed E-state index contributed by atoms with van der Waals surface area (Å²) in [5, 5.41) is 0. The van der Waals surface area contributed by atoms with Crippen molar-refractivity contribution in [3.05, 3.63) is 71.0 Å². The van der Waals surface area contributed by atoms with Gasteiger partial charge in [0.2, 0.25) is 10.0 Å². The summed E-state index contributed by atoms with van der Waals surface area (Å²) in [5.74, 6) is -0.917. The Morgan fingerprint density at radius 2 is 1.78 bits per heavy atom. The summed E-state index contributed by atoms with van der Waals surface area (Å²) in [6, 6.07) is 9.54. The number of alkyl halides is 3. The normalized spacial score (nSPS) is 13.7. The minimum Gasteiger partial charge on any atom is -0.326 e. The third kappa shape index (κ3) is 6.02. The van der Waals surface area contributed by atoms with E-state index in [-0.39, 0.29) is 18.5 Å². The Bertz CT molecular complexity index is 885. The van der Waals surface area contributed by atoms with E-state index < -0.39 is 39.4 Å². The number of hydrogen-bond donors (Lipinski definition) is 1. The van der Waals surface area contributed by atoms with E-state index in [9.17, 15) is 26.0 Å². The zero-order chi connectivity index (χ0) is 20.2. The van der Waals surface area contributed by atoms with Crippen LogP contribution in [0.2, 0.25) is 0 Å². The molecule has 1 atom stereocenters. The first-order valence-electron chi connectivity index (χ1n) is 8.08. The first-order chi connectivity index (χ1) is 12.5. The molecule has 0 radical (unpaired) electrons. The maximum absolute atomic E-state index is 13.7. The van der Waals surface area contributed by atoms with Crippen LogP contribution in [0.4, 0.5) is 17.6 Å². The molecule has 0 aromatic heterocycles. The lowest BCUT2D eigenvalue weighted by atomic mass is 10.1. The number of nitrogens with zero attached hydrogens (tertiary/aromatic N) is 1. The van der Waals surface area contributed by atoms with E-state index in [2.05, 4.69) is 0 Å². The van der Waals surface area contributed by atoms with Crippen LogP contribution >= 0.6 is 0 Å². The monoisotopic (exact) mass is 404 g/mol. The van der Waals surface area contributed by atoms with Gasteiger partial charge in [-0.2, -0.15) is 13.2 Å². The topological polar surface area (TPSA) is 63.4 Å². The fourth-order valence-electron chi connectivity index (χ4n) is 2.60. The highest BCUT2D eigenvalue weighted by molar-refractivity contribution is 7.89. The van der Waals surface area contributed by atoms with Crippen molar-refractivity contribution in [2.75, 3.05) is 12.8 Å². The number of rotatable bonds is 7. The van der Waals surface area contributed by atoms with Crippen LogP contribution in [-0.4, -0.2) is 31.6 Å². The number of sulfonamides is 1. The molecule has 2 rings (SSSR count). The molecule has 9 heteroatoms. The second-order valence-corrected chi connectivity index (χ2v) is 8.41. The highest BCUT2D eigenvalue weighted by Gasteiger charge is 2.30. The molecule has 0 bridgehead atoms. The van der Waals surface area contributed by atoms with E-state index in [0.29, 0.717) is 5.56 Å². The molecule has 2 aromatic rings. The van der Waals surface area contributed by atoms with Crippen LogP contribution in [0.3, 0.4) is 0 Å². The molecular formula is C18H20F4N2O2S. The minimum absolute atomic E-state index is 0.0311. The Labute approximate surface area is 155 Å². The zero-order valence-corrected chi connectivity index (χ0v) is 15.4. The van der Waals surface area contributed by atoms with Crippen molar-refractivity contribution in [2.24, 2.45) is 5.73 Å². The van der Waals surface area contributed by atoms with Gasteiger partial charge in [-0.15, -0.1) is 0 Å². The van der Waals surface area contributed by atoms with Crippen molar-refractivity contribution < 1.29 is 26.0 Å². The first kappa shape index (κ1) is 21.3. The van der Waals surface area contributed by atoms with Crippen molar-refractivity contribution in [1.29, 1.82) is 0 Å². The molecule has 0 aliphatic carbocycles. The second-order valence-electron chi connectivity index (χ2n) is 6.29. The molecule has 0 amide bonds. The van der Waals surface area contributed by atoms with Gasteiger partial charge in [0.05, 0.1) is 11.3 Å². The van der Waals surface area contributed by atoms with Crippen LogP contribution in [0.25, 0.3) is 0 Å². The fraction of sp³-hybridized carbons (Fsp3) is 0.333. The van der Waals surface area contributed by atoms with Crippen molar-refractivity contribution in [3.63, 3.8) is 0 Å². The molecule has 27 heavy (non-hydrogen) atoms. The Hall–Kier alpha value is -1.97. The van der Waals surface area contributed by atoms with Crippen molar-refractivity contribution >= 4 is 10.0 Å². The SMILES string of the molecule is CN(Cc1cccc(C(F)(F)F)c1)S(=O)(=O)CC(N)Cc1ccccc1F. The van der Waals surface area contributed by atoms with Crippen LogP contribution < -0.4 is 5.73 Å². The van der Waals surface area contributed by atoms with E-state index >= 15 is 0 Å². The Morgan fingerprint density at radius 3 is 2.41 bits per heavy atom. The van der Waals surface area contributed by atoms with Gasteiger partial charge in [0.15, 0.2) is 0 Å². The predicted octanol–water partition coefficient (Wildman–Crippen LogP) is 3.18. The molecule has 0 saturated carbocycles. The highest BCUT2D eigenvalue weighted by Crippen LogP contribution is 2.29. The average molecular weight is 404 g/mol. The largest absolute Gasteiger partial charge is 0.416 e. The Balaban J connectivity index is 2.04. The second kappa shape index (κ2) is 8.37. The summed E-state index contributed by atoms with van der Waals surface area (Å²) < 4.78 is 77.8. The number of hydrogen-bond acceptors (Lipinski definition) is 3. The van der Waals surface area contributed by atoms with E-state index in [1.807, 2.05) is 0 Å². The predicted molar refractivity (Wildman–Crippen MR) is 94.8 cm³/mol. The molecule has 148 valence electrons. The maximum Gasteiger partial charge on any atom is 0.416 e. The molecule has 2 N–H and O–H groups in total. The number of benzene rings is 2. The molecular weight excluding hydrogens is 384 g/mol. The number of nitrogens with two attached hydrogens (primary N) is 1. The average Bonchev–Trinajstić information content (AvgIpc) is 2.56. The molecule has 0 spiro atoms. The van der Waals surface area contributed by atoms with E-state index in [0.717, 1.165) is 16.4 Å². The van der Waals surface area contributed by atoms with Gasteiger partial charge in [-0.25, -0.2) is 17.1 Å². The summed E-state index contributed by atoms with van der Waals surface area (Å²) in [6.45, 7) is -0.224. The van der Waals surface area contributed by atoms with Crippen LogP contribution in [-0.2, 0) is 29.2 Å². The molecule has 2 aromatic carbocycles. The molecule has 0 saturated heterocycles. The lowest BCUT2D eigenvalue weighted by Crippen LogP contribution is -2.38. The Kier molecular flexibility index (Phi) is 6.61. The van der Waals surface area contributed by atoms with Gasteiger partial charge in [0.1, 0.15) is 5.82 Å². The van der Waals surface area contributed by atoms with Gasteiger partial charge in [0, 0.05) is 19.6 Å². The quantitative estimate of drug-likeness (QED) is 0.721. The third-order valence-electron chi connectivity index (χ3n) is 4.00. The number of halogens is 4. The van der Waals surface area contributed by atoms with Gasteiger partial charge in [-0.05, 0) is 29.7 Å². The fourth-order valence-corrected chi connectivity index (χ4v) is 3.86. The summed E-state index contributed by atoms with van der Waals surface area (Å²) >= 11 is 0. The standard InChI is InChI=1S/C18H20F4N2O2S/c1-24(11-13-5-4-7-15(9-13)18(20,21)22)27(25,26)12-16(23)10-14-6-2-3-8-17(14)19/h2-9,16H,10-12,23H2,1H3. The molecule has 0 heterocycles. The van der Waals surface area contributed by atoms with E-state index in [1.54, 1.807) is 6.07 Å². The summed E-state index contributed by atoms with van der Waals surface area (Å²) in [6.07, 6.45) is -4.47. The van der Waals surface area contributed by atoms with Crippen LogP contribution in [0, 0.1) is 5.82 Å². The Morgan fingerprint density at radius 1 is 1.11 bits per heavy atom. The summed E-state index contributed by atoms with van der Waals surface area (Å²) in [4.78, 5) is 0. The lowest BCUT2D eigenvalue weighted by molar-refractivity contribution is -0.137. The van der Waals surface area contributed by atoms with Crippen LogP contribution in [0.15, 0.2) is 48.5 Å². The van der Waals surface area contributed by atoms with Crippen LogP contribution in [0.5, 0.6) is 0 Å². The minimum atomic E-state index is -4.50. The lowest BCUT2D eigenvalue weighted by Gasteiger charge is -2.20. The molecule has 0 aliphatic heterocycles. The van der Waals surface area contributed by atoms with Crippen molar-refractivity contribution in [3.8, 4) is 0 Å². The van der Waals surface area contributed by atoms with Gasteiger partial charge in [-0.1, -0.05) is 36.4 Å². The molecule has 4 nitrogen and oxygen atoms in total. The van der Waals surface area contributed by atoms with Crippen molar-refractivity contribution in [1.82, 2.24) is 4.31 Å².